The van der Waals surface area contributed by atoms with Crippen molar-refractivity contribution in [2.75, 3.05) is 13.2 Å². The molecule has 0 spiro atoms. The fourth-order valence-corrected chi connectivity index (χ4v) is 1.14. The quantitative estimate of drug-likeness (QED) is 0.529. The second kappa shape index (κ2) is 7.54. The molecule has 0 saturated carbocycles. The SMILES string of the molecule is CCCCONCCc1cc[c]cc1. The molecule has 2 nitrogen and oxygen atoms in total. The molecule has 0 aromatic heterocycles. The first-order chi connectivity index (χ1) is 6.93. The fourth-order valence-electron chi connectivity index (χ4n) is 1.14. The van der Waals surface area contributed by atoms with Gasteiger partial charge in [0.05, 0.1) is 6.61 Å². The molecule has 0 aliphatic rings. The highest BCUT2D eigenvalue weighted by atomic mass is 16.6. The molecule has 1 aromatic carbocycles. The third kappa shape index (κ3) is 5.00. The first-order valence-corrected chi connectivity index (χ1v) is 5.23. The van der Waals surface area contributed by atoms with Gasteiger partial charge in [0.25, 0.3) is 0 Å². The maximum absolute atomic E-state index is 5.24. The van der Waals surface area contributed by atoms with E-state index in [0.717, 1.165) is 26.0 Å². The molecule has 1 radical (unpaired) electrons. The van der Waals surface area contributed by atoms with Crippen LogP contribution in [-0.2, 0) is 11.3 Å². The summed E-state index contributed by atoms with van der Waals surface area (Å²) in [7, 11) is 0. The van der Waals surface area contributed by atoms with E-state index in [2.05, 4.69) is 30.6 Å². The Morgan fingerprint density at radius 2 is 2.14 bits per heavy atom. The molecular formula is C12H18NO. The van der Waals surface area contributed by atoms with Gasteiger partial charge in [-0.2, -0.15) is 0 Å². The van der Waals surface area contributed by atoms with Gasteiger partial charge in [-0.3, -0.25) is 0 Å². The number of hydroxylamine groups is 1. The van der Waals surface area contributed by atoms with Gasteiger partial charge < -0.3 is 4.84 Å². The van der Waals surface area contributed by atoms with Crippen LogP contribution in [-0.4, -0.2) is 13.2 Å². The maximum Gasteiger partial charge on any atom is 0.0682 e. The van der Waals surface area contributed by atoms with Gasteiger partial charge in [-0.1, -0.05) is 37.6 Å². The van der Waals surface area contributed by atoms with Gasteiger partial charge in [0.2, 0.25) is 0 Å². The fraction of sp³-hybridized carbons (Fsp3) is 0.500. The lowest BCUT2D eigenvalue weighted by Crippen LogP contribution is -2.18. The Hall–Kier alpha value is -0.860. The summed E-state index contributed by atoms with van der Waals surface area (Å²) in [6, 6.07) is 11.0. The molecule has 0 amide bonds. The molecule has 0 aliphatic heterocycles. The Bertz CT molecular complexity index is 223. The zero-order valence-electron chi connectivity index (χ0n) is 8.75. The third-order valence-electron chi connectivity index (χ3n) is 2.01. The summed E-state index contributed by atoms with van der Waals surface area (Å²) < 4.78 is 0. The van der Waals surface area contributed by atoms with Crippen LogP contribution in [0.3, 0.4) is 0 Å². The largest absolute Gasteiger partial charge is 0.302 e. The van der Waals surface area contributed by atoms with Crippen LogP contribution >= 0.6 is 0 Å². The van der Waals surface area contributed by atoms with Crippen molar-refractivity contribution in [3.05, 3.63) is 35.9 Å². The molecule has 77 valence electrons. The average molecular weight is 192 g/mol. The van der Waals surface area contributed by atoms with Crippen LogP contribution in [0, 0.1) is 6.07 Å². The molecule has 0 bridgehead atoms. The molecule has 0 unspecified atom stereocenters. The Morgan fingerprint density at radius 3 is 2.86 bits per heavy atom. The summed E-state index contributed by atoms with van der Waals surface area (Å²) in [6.07, 6.45) is 3.30. The van der Waals surface area contributed by atoms with E-state index >= 15 is 0 Å². The second-order valence-electron chi connectivity index (χ2n) is 3.25. The monoisotopic (exact) mass is 192 g/mol. The van der Waals surface area contributed by atoms with Crippen molar-refractivity contribution in [1.82, 2.24) is 5.48 Å². The van der Waals surface area contributed by atoms with E-state index in [-0.39, 0.29) is 0 Å². The van der Waals surface area contributed by atoms with Crippen molar-refractivity contribution in [2.24, 2.45) is 0 Å². The molecule has 14 heavy (non-hydrogen) atoms. The van der Waals surface area contributed by atoms with Gasteiger partial charge in [0.15, 0.2) is 0 Å². The molecule has 1 rings (SSSR count). The number of hydrogen-bond acceptors (Lipinski definition) is 2. The van der Waals surface area contributed by atoms with E-state index in [9.17, 15) is 0 Å². The summed E-state index contributed by atoms with van der Waals surface area (Å²) >= 11 is 0. The maximum atomic E-state index is 5.24. The zero-order chi connectivity index (χ0) is 10.1. The lowest BCUT2D eigenvalue weighted by atomic mass is 10.2. The van der Waals surface area contributed by atoms with E-state index in [1.54, 1.807) is 0 Å². The minimum atomic E-state index is 0.805. The molecule has 1 N–H and O–H groups in total. The minimum Gasteiger partial charge on any atom is -0.302 e. The van der Waals surface area contributed by atoms with E-state index in [0.29, 0.717) is 0 Å². The van der Waals surface area contributed by atoms with Crippen LogP contribution in [0.4, 0.5) is 0 Å². The van der Waals surface area contributed by atoms with E-state index < -0.39 is 0 Å². The number of unbranched alkanes of at least 4 members (excludes halogenated alkanes) is 1. The smallest absolute Gasteiger partial charge is 0.0682 e. The lowest BCUT2D eigenvalue weighted by Gasteiger charge is -2.04. The predicted molar refractivity (Wildman–Crippen MR) is 57.8 cm³/mol. The average Bonchev–Trinajstić information content (AvgIpc) is 2.25. The highest BCUT2D eigenvalue weighted by Crippen LogP contribution is 1.97. The number of nitrogens with one attached hydrogen (secondary N) is 1. The normalized spacial score (nSPS) is 10.4. The topological polar surface area (TPSA) is 21.3 Å². The zero-order valence-corrected chi connectivity index (χ0v) is 8.75. The third-order valence-corrected chi connectivity index (χ3v) is 2.01. The highest BCUT2D eigenvalue weighted by Gasteiger charge is 1.91. The molecule has 0 atom stereocenters. The summed E-state index contributed by atoms with van der Waals surface area (Å²) in [5.41, 5.74) is 4.27. The van der Waals surface area contributed by atoms with Crippen molar-refractivity contribution < 1.29 is 4.84 Å². The van der Waals surface area contributed by atoms with Crippen LogP contribution in [0.2, 0.25) is 0 Å². The number of hydrogen-bond donors (Lipinski definition) is 1. The molecule has 0 heterocycles. The van der Waals surface area contributed by atoms with E-state index in [1.807, 2.05) is 12.1 Å². The number of benzene rings is 1. The predicted octanol–water partition coefficient (Wildman–Crippen LogP) is 2.35. The van der Waals surface area contributed by atoms with Gasteiger partial charge in [-0.15, -0.1) is 0 Å². The second-order valence-corrected chi connectivity index (χ2v) is 3.25. The van der Waals surface area contributed by atoms with Crippen molar-refractivity contribution in [2.45, 2.75) is 26.2 Å². The summed E-state index contributed by atoms with van der Waals surface area (Å²) in [5, 5.41) is 0. The summed E-state index contributed by atoms with van der Waals surface area (Å²) in [6.45, 7) is 3.83. The Balaban J connectivity index is 1.99. The van der Waals surface area contributed by atoms with Gasteiger partial charge in [0, 0.05) is 6.54 Å². The van der Waals surface area contributed by atoms with Crippen molar-refractivity contribution in [3.8, 4) is 0 Å². The van der Waals surface area contributed by atoms with Gasteiger partial charge in [-0.25, -0.2) is 5.48 Å². The summed E-state index contributed by atoms with van der Waals surface area (Å²) in [5.74, 6) is 0. The first kappa shape index (κ1) is 11.2. The van der Waals surface area contributed by atoms with Crippen LogP contribution in [0.25, 0.3) is 0 Å². The van der Waals surface area contributed by atoms with Crippen LogP contribution in [0.15, 0.2) is 24.3 Å². The first-order valence-electron chi connectivity index (χ1n) is 5.23. The van der Waals surface area contributed by atoms with E-state index in [1.165, 1.54) is 12.0 Å². The molecule has 0 aliphatic carbocycles. The van der Waals surface area contributed by atoms with Gasteiger partial charge >= 0.3 is 0 Å². The van der Waals surface area contributed by atoms with Crippen molar-refractivity contribution >= 4 is 0 Å². The molecule has 1 aromatic rings. The van der Waals surface area contributed by atoms with Crippen LogP contribution in [0.5, 0.6) is 0 Å². The molecule has 0 fully saturated rings. The Labute approximate surface area is 86.2 Å². The van der Waals surface area contributed by atoms with Crippen molar-refractivity contribution in [3.63, 3.8) is 0 Å². The van der Waals surface area contributed by atoms with Crippen LogP contribution in [0.1, 0.15) is 25.3 Å². The number of rotatable bonds is 7. The van der Waals surface area contributed by atoms with Gasteiger partial charge in [-0.05, 0) is 24.5 Å². The van der Waals surface area contributed by atoms with Crippen molar-refractivity contribution in [1.29, 1.82) is 0 Å². The summed E-state index contributed by atoms with van der Waals surface area (Å²) in [4.78, 5) is 5.24. The van der Waals surface area contributed by atoms with Crippen LogP contribution < -0.4 is 5.48 Å². The standard InChI is InChI=1S/C12H18NO/c1-2-3-11-14-13-10-9-12-7-5-4-6-8-12/h5-8,13H,2-3,9-11H2,1H3. The Morgan fingerprint density at radius 1 is 1.36 bits per heavy atom. The highest BCUT2D eigenvalue weighted by molar-refractivity contribution is 5.13. The minimum absolute atomic E-state index is 0.805. The molecule has 2 heteroatoms. The Kier molecular flexibility index (Phi) is 6.04. The molecule has 0 saturated heterocycles. The van der Waals surface area contributed by atoms with Gasteiger partial charge in [0.1, 0.15) is 0 Å². The van der Waals surface area contributed by atoms with E-state index in [4.69, 9.17) is 4.84 Å². The lowest BCUT2D eigenvalue weighted by molar-refractivity contribution is 0.0401. The molecular weight excluding hydrogens is 174 g/mol.